The van der Waals surface area contributed by atoms with Gasteiger partial charge in [-0.15, -0.1) is 0 Å². The first-order valence-electron chi connectivity index (χ1n) is 8.08. The van der Waals surface area contributed by atoms with Crippen molar-refractivity contribution in [2.45, 2.75) is 6.18 Å². The first-order chi connectivity index (χ1) is 12.8. The Kier molecular flexibility index (Phi) is 4.98. The van der Waals surface area contributed by atoms with Gasteiger partial charge in [-0.05, 0) is 18.2 Å². The number of carbonyl (C=O) groups is 1. The number of amides is 1. The summed E-state index contributed by atoms with van der Waals surface area (Å²) in [4.78, 5) is 29.8. The number of pyridine rings is 1. The molecule has 0 radical (unpaired) electrons. The van der Waals surface area contributed by atoms with Gasteiger partial charge in [0.25, 0.3) is 11.6 Å². The summed E-state index contributed by atoms with van der Waals surface area (Å²) in [6.07, 6.45) is -3.64. The van der Waals surface area contributed by atoms with Crippen LogP contribution in [-0.4, -0.2) is 46.9 Å². The molecule has 1 saturated heterocycles. The van der Waals surface area contributed by atoms with Gasteiger partial charge in [0.2, 0.25) is 0 Å². The van der Waals surface area contributed by atoms with Crippen molar-refractivity contribution in [1.82, 2.24) is 9.88 Å². The van der Waals surface area contributed by atoms with Gasteiger partial charge in [-0.1, -0.05) is 12.1 Å². The van der Waals surface area contributed by atoms with Crippen molar-refractivity contribution >= 4 is 17.3 Å². The molecule has 0 spiro atoms. The van der Waals surface area contributed by atoms with E-state index >= 15 is 0 Å². The minimum atomic E-state index is -4.56. The van der Waals surface area contributed by atoms with Crippen LogP contribution in [0, 0.1) is 10.1 Å². The highest BCUT2D eigenvalue weighted by molar-refractivity contribution is 5.94. The number of nitrogens with zero attached hydrogens (tertiary/aromatic N) is 4. The predicted molar refractivity (Wildman–Crippen MR) is 90.5 cm³/mol. The van der Waals surface area contributed by atoms with E-state index in [4.69, 9.17) is 0 Å². The standard InChI is InChI=1S/C17H15F3N4O3/c18-17(19,20)15-6-5-12(11-21-15)16(25)23-9-7-22(8-10-23)13-3-1-2-4-14(13)24(26)27/h1-6,11H,7-10H2. The lowest BCUT2D eigenvalue weighted by molar-refractivity contribution is -0.384. The third kappa shape index (κ3) is 3.99. The van der Waals surface area contributed by atoms with Crippen LogP contribution in [0.1, 0.15) is 16.1 Å². The van der Waals surface area contributed by atoms with Crippen molar-refractivity contribution in [3.05, 3.63) is 64.0 Å². The Morgan fingerprint density at radius 1 is 1.07 bits per heavy atom. The molecule has 0 aliphatic carbocycles. The molecule has 27 heavy (non-hydrogen) atoms. The SMILES string of the molecule is O=C(c1ccc(C(F)(F)F)nc1)N1CCN(c2ccccc2[N+](=O)[O-])CC1. The number of alkyl halides is 3. The molecule has 3 rings (SSSR count). The predicted octanol–water partition coefficient (Wildman–Crippen LogP) is 2.97. The molecule has 0 unspecified atom stereocenters. The van der Waals surface area contributed by atoms with E-state index in [0.29, 0.717) is 31.9 Å². The Hall–Kier alpha value is -3.17. The fourth-order valence-electron chi connectivity index (χ4n) is 2.91. The molecular weight excluding hydrogens is 365 g/mol. The Labute approximate surface area is 152 Å². The highest BCUT2D eigenvalue weighted by atomic mass is 19.4. The van der Waals surface area contributed by atoms with E-state index in [1.54, 1.807) is 18.2 Å². The van der Waals surface area contributed by atoms with Crippen molar-refractivity contribution in [1.29, 1.82) is 0 Å². The topological polar surface area (TPSA) is 79.6 Å². The maximum Gasteiger partial charge on any atom is 0.433 e. The zero-order valence-electron chi connectivity index (χ0n) is 14.0. The van der Waals surface area contributed by atoms with Crippen LogP contribution in [0.15, 0.2) is 42.6 Å². The van der Waals surface area contributed by atoms with E-state index in [-0.39, 0.29) is 11.3 Å². The second kappa shape index (κ2) is 7.22. The molecule has 1 amide bonds. The van der Waals surface area contributed by atoms with Crippen LogP contribution in [0.5, 0.6) is 0 Å². The number of rotatable bonds is 3. The maximum atomic E-state index is 12.6. The Bertz CT molecular complexity index is 847. The van der Waals surface area contributed by atoms with Crippen molar-refractivity contribution < 1.29 is 22.9 Å². The maximum absolute atomic E-state index is 12.6. The van der Waals surface area contributed by atoms with Crippen LogP contribution in [0.3, 0.4) is 0 Å². The molecule has 7 nitrogen and oxygen atoms in total. The number of hydrogen-bond donors (Lipinski definition) is 0. The number of anilines is 1. The Morgan fingerprint density at radius 2 is 1.74 bits per heavy atom. The van der Waals surface area contributed by atoms with Crippen molar-refractivity contribution in [3.8, 4) is 0 Å². The molecule has 10 heteroatoms. The zero-order valence-corrected chi connectivity index (χ0v) is 14.0. The van der Waals surface area contributed by atoms with Gasteiger partial charge in [0.05, 0.1) is 10.5 Å². The van der Waals surface area contributed by atoms with Gasteiger partial charge in [0.15, 0.2) is 0 Å². The number of halogens is 3. The summed E-state index contributed by atoms with van der Waals surface area (Å²) in [6, 6.07) is 8.23. The quantitative estimate of drug-likeness (QED) is 0.604. The van der Waals surface area contributed by atoms with Gasteiger partial charge in [-0.2, -0.15) is 13.2 Å². The minimum Gasteiger partial charge on any atom is -0.362 e. The Balaban J connectivity index is 1.67. The molecule has 1 fully saturated rings. The van der Waals surface area contributed by atoms with Gasteiger partial charge in [-0.25, -0.2) is 0 Å². The summed E-state index contributed by atoms with van der Waals surface area (Å²) >= 11 is 0. The fraction of sp³-hybridized carbons (Fsp3) is 0.294. The summed E-state index contributed by atoms with van der Waals surface area (Å²) in [6.45, 7) is 1.35. The van der Waals surface area contributed by atoms with Crippen molar-refractivity contribution in [2.24, 2.45) is 0 Å². The molecule has 2 heterocycles. The third-order valence-corrected chi connectivity index (χ3v) is 4.29. The van der Waals surface area contributed by atoms with Crippen LogP contribution in [0.25, 0.3) is 0 Å². The van der Waals surface area contributed by atoms with Gasteiger partial charge >= 0.3 is 6.18 Å². The molecule has 2 aromatic rings. The molecule has 1 aromatic carbocycles. The molecule has 142 valence electrons. The molecular formula is C17H15F3N4O3. The van der Waals surface area contributed by atoms with E-state index in [2.05, 4.69) is 4.98 Å². The second-order valence-electron chi connectivity index (χ2n) is 5.95. The highest BCUT2D eigenvalue weighted by Gasteiger charge is 2.33. The summed E-state index contributed by atoms with van der Waals surface area (Å²) in [5, 5.41) is 11.1. The number of para-hydroxylation sites is 2. The van der Waals surface area contributed by atoms with E-state index in [9.17, 15) is 28.1 Å². The summed E-state index contributed by atoms with van der Waals surface area (Å²) in [5.41, 5.74) is -0.516. The smallest absolute Gasteiger partial charge is 0.362 e. The van der Waals surface area contributed by atoms with Crippen LogP contribution in [-0.2, 0) is 6.18 Å². The largest absolute Gasteiger partial charge is 0.433 e. The average molecular weight is 380 g/mol. The first kappa shape index (κ1) is 18.6. The summed E-state index contributed by atoms with van der Waals surface area (Å²) < 4.78 is 37.7. The van der Waals surface area contributed by atoms with E-state index in [0.717, 1.165) is 18.3 Å². The highest BCUT2D eigenvalue weighted by Crippen LogP contribution is 2.29. The van der Waals surface area contributed by atoms with Crippen LogP contribution >= 0.6 is 0 Å². The number of benzene rings is 1. The Morgan fingerprint density at radius 3 is 2.30 bits per heavy atom. The third-order valence-electron chi connectivity index (χ3n) is 4.29. The first-order valence-corrected chi connectivity index (χ1v) is 8.08. The number of carbonyl (C=O) groups excluding carboxylic acids is 1. The number of nitro groups is 1. The monoisotopic (exact) mass is 380 g/mol. The van der Waals surface area contributed by atoms with Crippen LogP contribution in [0.4, 0.5) is 24.5 Å². The van der Waals surface area contributed by atoms with E-state index in [1.165, 1.54) is 11.0 Å². The van der Waals surface area contributed by atoms with Crippen LogP contribution in [0.2, 0.25) is 0 Å². The van der Waals surface area contributed by atoms with Crippen LogP contribution < -0.4 is 4.90 Å². The summed E-state index contributed by atoms with van der Waals surface area (Å²) in [5.74, 6) is -0.418. The van der Waals surface area contributed by atoms with Gasteiger partial charge in [0.1, 0.15) is 11.4 Å². The van der Waals surface area contributed by atoms with Gasteiger partial charge in [0, 0.05) is 38.4 Å². The molecule has 1 aliphatic rings. The fourth-order valence-corrected chi connectivity index (χ4v) is 2.91. The molecule has 1 aromatic heterocycles. The zero-order chi connectivity index (χ0) is 19.6. The average Bonchev–Trinajstić information content (AvgIpc) is 2.67. The number of aromatic nitrogens is 1. The summed E-state index contributed by atoms with van der Waals surface area (Å²) in [7, 11) is 0. The second-order valence-corrected chi connectivity index (χ2v) is 5.95. The lowest BCUT2D eigenvalue weighted by Gasteiger charge is -2.35. The molecule has 0 saturated carbocycles. The molecule has 0 N–H and O–H groups in total. The van der Waals surface area contributed by atoms with Gasteiger partial charge < -0.3 is 9.80 Å². The minimum absolute atomic E-state index is 0.00999. The number of hydrogen-bond acceptors (Lipinski definition) is 5. The van der Waals surface area contributed by atoms with Crippen molar-refractivity contribution in [3.63, 3.8) is 0 Å². The number of piperazine rings is 1. The van der Waals surface area contributed by atoms with Gasteiger partial charge in [-0.3, -0.25) is 19.9 Å². The molecule has 0 bridgehead atoms. The lowest BCUT2D eigenvalue weighted by Crippen LogP contribution is -2.49. The number of nitro benzene ring substituents is 1. The molecule has 0 atom stereocenters. The van der Waals surface area contributed by atoms with E-state index < -0.39 is 22.7 Å². The van der Waals surface area contributed by atoms with Crippen molar-refractivity contribution in [2.75, 3.05) is 31.1 Å². The lowest BCUT2D eigenvalue weighted by atomic mass is 10.2. The van der Waals surface area contributed by atoms with E-state index in [1.807, 2.05) is 4.90 Å². The molecule has 1 aliphatic heterocycles. The normalized spacial score (nSPS) is 14.9.